The van der Waals surface area contributed by atoms with Gasteiger partial charge < -0.3 is 14.7 Å². The Labute approximate surface area is 167 Å². The van der Waals surface area contributed by atoms with E-state index in [0.29, 0.717) is 31.3 Å². The number of thiophene rings is 1. The summed E-state index contributed by atoms with van der Waals surface area (Å²) in [5.74, 6) is 0.566. The molecular formula is C21H23N3O3S. The van der Waals surface area contributed by atoms with Gasteiger partial charge in [-0.1, -0.05) is 30.3 Å². The normalized spacial score (nSPS) is 15.1. The van der Waals surface area contributed by atoms with Crippen molar-refractivity contribution in [2.75, 3.05) is 19.6 Å². The zero-order valence-corrected chi connectivity index (χ0v) is 16.6. The number of amides is 2. The van der Waals surface area contributed by atoms with Gasteiger partial charge in [-0.2, -0.15) is 0 Å². The molecular weight excluding hydrogens is 374 g/mol. The minimum absolute atomic E-state index is 0.0234. The highest BCUT2D eigenvalue weighted by Gasteiger charge is 2.26. The molecule has 4 rings (SSSR count). The number of carbonyl (C=O) groups is 2. The van der Waals surface area contributed by atoms with Crippen LogP contribution in [0.25, 0.3) is 10.1 Å². The van der Waals surface area contributed by atoms with Crippen LogP contribution in [0, 0.1) is 5.92 Å². The molecule has 1 aromatic carbocycles. The van der Waals surface area contributed by atoms with Gasteiger partial charge in [-0.25, -0.2) is 0 Å². The maximum absolute atomic E-state index is 12.6. The van der Waals surface area contributed by atoms with Crippen molar-refractivity contribution in [1.82, 2.24) is 15.4 Å². The predicted octanol–water partition coefficient (Wildman–Crippen LogP) is 3.73. The maximum Gasteiger partial charge on any atom is 0.292 e. The third-order valence-corrected chi connectivity index (χ3v) is 6.27. The van der Waals surface area contributed by atoms with Crippen molar-refractivity contribution in [3.05, 3.63) is 52.7 Å². The monoisotopic (exact) mass is 397 g/mol. The summed E-state index contributed by atoms with van der Waals surface area (Å²) in [5.41, 5.74) is 1.53. The van der Waals surface area contributed by atoms with Crippen LogP contribution in [0.1, 0.15) is 46.4 Å². The topological polar surface area (TPSA) is 75.4 Å². The van der Waals surface area contributed by atoms with Crippen molar-refractivity contribution in [3.8, 4) is 0 Å². The molecule has 2 amide bonds. The van der Waals surface area contributed by atoms with Gasteiger partial charge in [0.05, 0.1) is 11.3 Å². The molecule has 1 aliphatic heterocycles. The summed E-state index contributed by atoms with van der Waals surface area (Å²) >= 11 is 1.59. The fraction of sp³-hybridized carbons (Fsp3) is 0.381. The summed E-state index contributed by atoms with van der Waals surface area (Å²) in [6.07, 6.45) is 2.48. The van der Waals surface area contributed by atoms with Crippen molar-refractivity contribution in [3.63, 3.8) is 0 Å². The lowest BCUT2D eigenvalue weighted by Gasteiger charge is -2.31. The predicted molar refractivity (Wildman–Crippen MR) is 109 cm³/mol. The number of hydrogen-bond donors (Lipinski definition) is 1. The van der Waals surface area contributed by atoms with Crippen LogP contribution in [-0.2, 0) is 6.42 Å². The van der Waals surface area contributed by atoms with Crippen LogP contribution >= 0.6 is 11.3 Å². The van der Waals surface area contributed by atoms with E-state index in [1.165, 1.54) is 0 Å². The van der Waals surface area contributed by atoms with Crippen LogP contribution in [0.4, 0.5) is 0 Å². The van der Waals surface area contributed by atoms with Gasteiger partial charge in [-0.3, -0.25) is 9.59 Å². The third-order valence-electron chi connectivity index (χ3n) is 5.31. The van der Waals surface area contributed by atoms with E-state index in [1.54, 1.807) is 17.4 Å². The molecule has 3 heterocycles. The number of hydrogen-bond acceptors (Lipinski definition) is 5. The third kappa shape index (κ3) is 3.80. The molecule has 0 aliphatic carbocycles. The number of aromatic nitrogens is 1. The largest absolute Gasteiger partial charge is 0.352 e. The fourth-order valence-corrected chi connectivity index (χ4v) is 4.50. The molecule has 1 saturated heterocycles. The lowest BCUT2D eigenvalue weighted by molar-refractivity contribution is 0.0643. The first-order chi connectivity index (χ1) is 13.7. The van der Waals surface area contributed by atoms with Gasteiger partial charge in [-0.05, 0) is 31.2 Å². The van der Waals surface area contributed by atoms with Gasteiger partial charge in [-0.15, -0.1) is 11.3 Å². The lowest BCUT2D eigenvalue weighted by atomic mass is 9.96. The molecule has 2 aromatic heterocycles. The SMILES string of the molecule is CCc1cc(C(=O)N2CCC(CNC(=O)c3csc4ccccc34)CC2)on1. The minimum Gasteiger partial charge on any atom is -0.352 e. The molecule has 0 spiro atoms. The molecule has 28 heavy (non-hydrogen) atoms. The number of carbonyl (C=O) groups excluding carboxylic acids is 2. The Hall–Kier alpha value is -2.67. The zero-order chi connectivity index (χ0) is 19.5. The molecule has 0 unspecified atom stereocenters. The molecule has 0 radical (unpaired) electrons. The number of rotatable bonds is 5. The second-order valence-electron chi connectivity index (χ2n) is 7.13. The van der Waals surface area contributed by atoms with Crippen LogP contribution in [0.2, 0.25) is 0 Å². The van der Waals surface area contributed by atoms with Crippen LogP contribution in [-0.4, -0.2) is 41.5 Å². The number of aryl methyl sites for hydroxylation is 1. The number of piperidine rings is 1. The molecule has 0 saturated carbocycles. The van der Waals surface area contributed by atoms with Gasteiger partial charge in [0.15, 0.2) is 0 Å². The van der Waals surface area contributed by atoms with E-state index in [1.807, 2.05) is 41.5 Å². The quantitative estimate of drug-likeness (QED) is 0.712. The van der Waals surface area contributed by atoms with E-state index in [0.717, 1.165) is 40.6 Å². The van der Waals surface area contributed by atoms with E-state index >= 15 is 0 Å². The Morgan fingerprint density at radius 3 is 2.82 bits per heavy atom. The Balaban J connectivity index is 1.28. The summed E-state index contributed by atoms with van der Waals surface area (Å²) in [5, 5.41) is 9.88. The van der Waals surface area contributed by atoms with Crippen molar-refractivity contribution < 1.29 is 14.1 Å². The summed E-state index contributed by atoms with van der Waals surface area (Å²) in [6.45, 7) is 3.95. The zero-order valence-electron chi connectivity index (χ0n) is 15.8. The van der Waals surface area contributed by atoms with Crippen LogP contribution in [0.15, 0.2) is 40.2 Å². The van der Waals surface area contributed by atoms with Crippen molar-refractivity contribution in [1.29, 1.82) is 0 Å². The number of likely N-dealkylation sites (tertiary alicyclic amines) is 1. The molecule has 1 aliphatic rings. The highest BCUT2D eigenvalue weighted by atomic mass is 32.1. The first-order valence-electron chi connectivity index (χ1n) is 9.65. The molecule has 0 atom stereocenters. The maximum atomic E-state index is 12.6. The molecule has 7 heteroatoms. The smallest absolute Gasteiger partial charge is 0.292 e. The Kier molecular flexibility index (Phi) is 5.43. The highest BCUT2D eigenvalue weighted by Crippen LogP contribution is 2.26. The first-order valence-corrected chi connectivity index (χ1v) is 10.5. The second-order valence-corrected chi connectivity index (χ2v) is 8.04. The lowest BCUT2D eigenvalue weighted by Crippen LogP contribution is -2.41. The van der Waals surface area contributed by atoms with Crippen molar-refractivity contribution in [2.24, 2.45) is 5.92 Å². The van der Waals surface area contributed by atoms with Gasteiger partial charge in [0.1, 0.15) is 0 Å². The molecule has 1 fully saturated rings. The first kappa shape index (κ1) is 18.7. The Morgan fingerprint density at radius 1 is 1.29 bits per heavy atom. The Morgan fingerprint density at radius 2 is 2.07 bits per heavy atom. The van der Waals surface area contributed by atoms with Crippen LogP contribution in [0.3, 0.4) is 0 Å². The second kappa shape index (κ2) is 8.14. The fourth-order valence-electron chi connectivity index (χ4n) is 3.56. The molecule has 146 valence electrons. The number of nitrogens with zero attached hydrogens (tertiary/aromatic N) is 2. The average Bonchev–Trinajstić information content (AvgIpc) is 3.39. The van der Waals surface area contributed by atoms with Gasteiger partial charge in [0.25, 0.3) is 11.8 Å². The minimum atomic E-state index is -0.0978. The van der Waals surface area contributed by atoms with E-state index in [9.17, 15) is 9.59 Å². The molecule has 6 nitrogen and oxygen atoms in total. The van der Waals surface area contributed by atoms with Crippen LogP contribution < -0.4 is 5.32 Å². The van der Waals surface area contributed by atoms with Crippen molar-refractivity contribution >= 4 is 33.2 Å². The number of fused-ring (bicyclic) bond motifs is 1. The summed E-state index contributed by atoms with van der Waals surface area (Å²) in [7, 11) is 0. The molecule has 0 bridgehead atoms. The summed E-state index contributed by atoms with van der Waals surface area (Å²) < 4.78 is 6.28. The molecule has 1 N–H and O–H groups in total. The van der Waals surface area contributed by atoms with E-state index in [4.69, 9.17) is 4.52 Å². The summed E-state index contributed by atoms with van der Waals surface area (Å²) in [4.78, 5) is 26.9. The Bertz CT molecular complexity index is 986. The van der Waals surface area contributed by atoms with Crippen molar-refractivity contribution in [2.45, 2.75) is 26.2 Å². The van der Waals surface area contributed by atoms with E-state index in [2.05, 4.69) is 10.5 Å². The average molecular weight is 398 g/mol. The molecule has 3 aromatic rings. The van der Waals surface area contributed by atoms with E-state index in [-0.39, 0.29) is 11.8 Å². The number of nitrogens with one attached hydrogen (secondary N) is 1. The summed E-state index contributed by atoms with van der Waals surface area (Å²) in [6, 6.07) is 9.67. The van der Waals surface area contributed by atoms with Gasteiger partial charge in [0.2, 0.25) is 5.76 Å². The highest BCUT2D eigenvalue weighted by molar-refractivity contribution is 7.17. The van der Waals surface area contributed by atoms with Gasteiger partial charge >= 0.3 is 0 Å². The standard InChI is InChI=1S/C21H23N3O3S/c1-2-15-11-18(27-23-15)21(26)24-9-7-14(8-10-24)12-22-20(25)17-13-28-19-6-4-3-5-16(17)19/h3-6,11,13-14H,2,7-10,12H2,1H3,(H,22,25). The van der Waals surface area contributed by atoms with Gasteiger partial charge in [0, 0.05) is 41.2 Å². The number of benzene rings is 1. The van der Waals surface area contributed by atoms with Crippen LogP contribution in [0.5, 0.6) is 0 Å². The van der Waals surface area contributed by atoms with E-state index < -0.39 is 0 Å².